The molecule has 2 aromatic heterocycles. The van der Waals surface area contributed by atoms with Gasteiger partial charge in [-0.2, -0.15) is 0 Å². The minimum atomic E-state index is -0.361. The number of nitrogens with two attached hydrogens (primary N) is 1. The lowest BCUT2D eigenvalue weighted by molar-refractivity contribution is -0.115. The monoisotopic (exact) mass is 233 g/mol. The SMILES string of the molecule is Nc1ccnc2c1nnn2[C@H]1CO[C@@H](C=O)C1. The van der Waals surface area contributed by atoms with E-state index in [0.29, 0.717) is 29.9 Å². The van der Waals surface area contributed by atoms with Gasteiger partial charge in [-0.15, -0.1) is 5.10 Å². The third-order valence-corrected chi connectivity index (χ3v) is 2.90. The van der Waals surface area contributed by atoms with Gasteiger partial charge in [-0.25, -0.2) is 9.67 Å². The number of aldehydes is 1. The molecule has 0 bridgehead atoms. The van der Waals surface area contributed by atoms with Crippen LogP contribution in [0.3, 0.4) is 0 Å². The van der Waals surface area contributed by atoms with Gasteiger partial charge >= 0.3 is 0 Å². The number of carbonyl (C=O) groups is 1. The Labute approximate surface area is 96.6 Å². The van der Waals surface area contributed by atoms with Crippen molar-refractivity contribution in [2.45, 2.75) is 18.6 Å². The average molecular weight is 233 g/mol. The molecule has 2 aromatic rings. The minimum absolute atomic E-state index is 0.00972. The molecule has 0 radical (unpaired) electrons. The number of nitrogens with zero attached hydrogens (tertiary/aromatic N) is 4. The van der Waals surface area contributed by atoms with Crippen LogP contribution in [0, 0.1) is 0 Å². The highest BCUT2D eigenvalue weighted by Gasteiger charge is 2.28. The number of nitrogen functional groups attached to an aromatic ring is 1. The van der Waals surface area contributed by atoms with E-state index in [0.717, 1.165) is 6.29 Å². The quantitative estimate of drug-likeness (QED) is 0.730. The Morgan fingerprint density at radius 3 is 3.24 bits per heavy atom. The fraction of sp³-hybridized carbons (Fsp3) is 0.400. The van der Waals surface area contributed by atoms with Gasteiger partial charge in [0.2, 0.25) is 0 Å². The molecule has 88 valence electrons. The fourth-order valence-electron chi connectivity index (χ4n) is 2.01. The second kappa shape index (κ2) is 3.77. The number of hydrogen-bond acceptors (Lipinski definition) is 6. The minimum Gasteiger partial charge on any atom is -0.397 e. The van der Waals surface area contributed by atoms with Gasteiger partial charge in [-0.1, -0.05) is 5.21 Å². The van der Waals surface area contributed by atoms with Crippen LogP contribution in [-0.2, 0) is 9.53 Å². The van der Waals surface area contributed by atoms with E-state index < -0.39 is 0 Å². The molecule has 1 saturated heterocycles. The van der Waals surface area contributed by atoms with Crippen molar-refractivity contribution < 1.29 is 9.53 Å². The highest BCUT2D eigenvalue weighted by molar-refractivity contribution is 5.82. The third kappa shape index (κ3) is 1.55. The van der Waals surface area contributed by atoms with E-state index in [-0.39, 0.29) is 12.1 Å². The zero-order chi connectivity index (χ0) is 11.8. The summed E-state index contributed by atoms with van der Waals surface area (Å²) >= 11 is 0. The molecular weight excluding hydrogens is 222 g/mol. The molecule has 0 amide bonds. The summed E-state index contributed by atoms with van der Waals surface area (Å²) in [5, 5.41) is 8.03. The number of carbonyl (C=O) groups excluding carboxylic acids is 1. The summed E-state index contributed by atoms with van der Waals surface area (Å²) in [4.78, 5) is 14.8. The molecule has 2 atom stereocenters. The zero-order valence-corrected chi connectivity index (χ0v) is 8.98. The first-order chi connectivity index (χ1) is 8.29. The largest absolute Gasteiger partial charge is 0.397 e. The maximum atomic E-state index is 10.6. The van der Waals surface area contributed by atoms with E-state index in [2.05, 4.69) is 15.3 Å². The molecule has 3 rings (SSSR count). The van der Waals surface area contributed by atoms with Crippen LogP contribution < -0.4 is 5.73 Å². The fourth-order valence-corrected chi connectivity index (χ4v) is 2.01. The second-order valence-corrected chi connectivity index (χ2v) is 4.00. The molecule has 0 aromatic carbocycles. The molecule has 7 heteroatoms. The van der Waals surface area contributed by atoms with E-state index in [1.54, 1.807) is 16.9 Å². The molecular formula is C10H11N5O2. The third-order valence-electron chi connectivity index (χ3n) is 2.90. The lowest BCUT2D eigenvalue weighted by Gasteiger charge is -2.07. The summed E-state index contributed by atoms with van der Waals surface area (Å²) in [7, 11) is 0. The second-order valence-electron chi connectivity index (χ2n) is 4.00. The van der Waals surface area contributed by atoms with Gasteiger partial charge in [0.1, 0.15) is 12.4 Å². The van der Waals surface area contributed by atoms with E-state index in [9.17, 15) is 4.79 Å². The maximum Gasteiger partial charge on any atom is 0.180 e. The van der Waals surface area contributed by atoms with E-state index >= 15 is 0 Å². The van der Waals surface area contributed by atoms with Gasteiger partial charge in [-0.05, 0) is 6.07 Å². The standard InChI is InChI=1S/C10H11N5O2/c11-8-1-2-12-10-9(8)13-14-15(10)6-3-7(4-16)17-5-6/h1-2,4,6-7H,3,5H2,(H2,11,12)/t6-,7-/m1/s1. The summed E-state index contributed by atoms with van der Waals surface area (Å²) < 4.78 is 6.98. The summed E-state index contributed by atoms with van der Waals surface area (Å²) in [5.41, 5.74) is 7.54. The van der Waals surface area contributed by atoms with Crippen molar-refractivity contribution in [1.29, 1.82) is 0 Å². The van der Waals surface area contributed by atoms with Gasteiger partial charge in [0.15, 0.2) is 11.2 Å². The molecule has 0 unspecified atom stereocenters. The van der Waals surface area contributed by atoms with Gasteiger partial charge < -0.3 is 15.3 Å². The average Bonchev–Trinajstić information content (AvgIpc) is 2.94. The Morgan fingerprint density at radius 2 is 2.47 bits per heavy atom. The van der Waals surface area contributed by atoms with Crippen LogP contribution in [0.2, 0.25) is 0 Å². The Bertz CT molecular complexity index is 567. The highest BCUT2D eigenvalue weighted by atomic mass is 16.5. The number of hydrogen-bond donors (Lipinski definition) is 1. The smallest absolute Gasteiger partial charge is 0.180 e. The number of pyridine rings is 1. The van der Waals surface area contributed by atoms with Crippen LogP contribution in [0.15, 0.2) is 12.3 Å². The van der Waals surface area contributed by atoms with Crippen LogP contribution in [0.25, 0.3) is 11.2 Å². The summed E-state index contributed by atoms with van der Waals surface area (Å²) in [5.74, 6) is 0. The number of rotatable bonds is 2. The number of anilines is 1. The lowest BCUT2D eigenvalue weighted by atomic mass is 10.2. The molecule has 0 spiro atoms. The summed E-state index contributed by atoms with van der Waals surface area (Å²) in [6.45, 7) is 0.443. The van der Waals surface area contributed by atoms with Crippen molar-refractivity contribution in [3.63, 3.8) is 0 Å². The Balaban J connectivity index is 2.01. The van der Waals surface area contributed by atoms with Crippen LogP contribution in [0.4, 0.5) is 5.69 Å². The zero-order valence-electron chi connectivity index (χ0n) is 8.98. The lowest BCUT2D eigenvalue weighted by Crippen LogP contribution is -2.12. The molecule has 0 aliphatic carbocycles. The molecule has 2 N–H and O–H groups in total. The van der Waals surface area contributed by atoms with Gasteiger partial charge in [0.25, 0.3) is 0 Å². The van der Waals surface area contributed by atoms with Crippen molar-refractivity contribution >= 4 is 23.1 Å². The molecule has 7 nitrogen and oxygen atoms in total. The first-order valence-corrected chi connectivity index (χ1v) is 5.32. The van der Waals surface area contributed by atoms with Crippen LogP contribution in [-0.4, -0.2) is 39.0 Å². The predicted molar refractivity (Wildman–Crippen MR) is 59.2 cm³/mol. The topological polar surface area (TPSA) is 95.9 Å². The maximum absolute atomic E-state index is 10.6. The van der Waals surface area contributed by atoms with Gasteiger partial charge in [0.05, 0.1) is 18.3 Å². The van der Waals surface area contributed by atoms with Crippen LogP contribution in [0.1, 0.15) is 12.5 Å². The van der Waals surface area contributed by atoms with Crippen LogP contribution in [0.5, 0.6) is 0 Å². The molecule has 17 heavy (non-hydrogen) atoms. The number of fused-ring (bicyclic) bond motifs is 1. The van der Waals surface area contributed by atoms with Crippen molar-refractivity contribution in [3.05, 3.63) is 12.3 Å². The molecule has 0 saturated carbocycles. The predicted octanol–water partition coefficient (Wildman–Crippen LogP) is -0.0626. The first kappa shape index (κ1) is 10.2. The van der Waals surface area contributed by atoms with E-state index in [4.69, 9.17) is 10.5 Å². The number of aromatic nitrogens is 4. The molecule has 1 aliphatic rings. The highest BCUT2D eigenvalue weighted by Crippen LogP contribution is 2.26. The Hall–Kier alpha value is -2.02. The van der Waals surface area contributed by atoms with Gasteiger partial charge in [-0.3, -0.25) is 0 Å². The van der Waals surface area contributed by atoms with Gasteiger partial charge in [0, 0.05) is 12.6 Å². The Morgan fingerprint density at radius 1 is 1.59 bits per heavy atom. The molecule has 1 aliphatic heterocycles. The molecule has 1 fully saturated rings. The van der Waals surface area contributed by atoms with Crippen molar-refractivity contribution in [2.75, 3.05) is 12.3 Å². The van der Waals surface area contributed by atoms with Crippen molar-refractivity contribution in [1.82, 2.24) is 20.0 Å². The van der Waals surface area contributed by atoms with Crippen molar-refractivity contribution in [3.8, 4) is 0 Å². The van der Waals surface area contributed by atoms with E-state index in [1.807, 2.05) is 0 Å². The molecule has 3 heterocycles. The number of ether oxygens (including phenoxy) is 1. The summed E-state index contributed by atoms with van der Waals surface area (Å²) in [6, 6.07) is 1.67. The normalized spacial score (nSPS) is 24.2. The van der Waals surface area contributed by atoms with E-state index in [1.165, 1.54) is 0 Å². The Kier molecular flexibility index (Phi) is 2.25. The first-order valence-electron chi connectivity index (χ1n) is 5.32. The van der Waals surface area contributed by atoms with Crippen molar-refractivity contribution in [2.24, 2.45) is 0 Å². The van der Waals surface area contributed by atoms with Crippen LogP contribution >= 0.6 is 0 Å². The summed E-state index contributed by atoms with van der Waals surface area (Å²) in [6.07, 6.45) is 2.66.